The van der Waals surface area contributed by atoms with Gasteiger partial charge in [0.2, 0.25) is 0 Å². The van der Waals surface area contributed by atoms with Gasteiger partial charge in [-0.05, 0) is 25.0 Å². The highest BCUT2D eigenvalue weighted by Gasteiger charge is 2.39. The Bertz CT molecular complexity index is 641. The normalized spacial score (nSPS) is 23.0. The molecule has 0 spiro atoms. The Morgan fingerprint density at radius 2 is 1.64 bits per heavy atom. The molecule has 1 aliphatic heterocycles. The molecule has 3 nitrogen and oxygen atoms in total. The summed E-state index contributed by atoms with van der Waals surface area (Å²) in [6.07, 6.45) is 0.550. The van der Waals surface area contributed by atoms with E-state index >= 15 is 0 Å². The number of nitrogens with zero attached hydrogens (tertiary/aromatic N) is 1. The zero-order valence-electron chi connectivity index (χ0n) is 13.0. The van der Waals surface area contributed by atoms with Crippen LogP contribution in [0.5, 0.6) is 0 Å². The maximum absolute atomic E-state index is 12.5. The lowest BCUT2D eigenvalue weighted by atomic mass is 9.90. The monoisotopic (exact) mass is 295 g/mol. The lowest BCUT2D eigenvalue weighted by Crippen LogP contribution is -2.47. The van der Waals surface area contributed by atoms with Crippen LogP contribution >= 0.6 is 0 Å². The van der Waals surface area contributed by atoms with Gasteiger partial charge in [-0.3, -0.25) is 0 Å². The number of carbonyl (C=O) groups is 1. The molecular weight excluding hydrogens is 274 g/mol. The molecule has 22 heavy (non-hydrogen) atoms. The van der Waals surface area contributed by atoms with Gasteiger partial charge >= 0.3 is 6.09 Å². The predicted octanol–water partition coefficient (Wildman–Crippen LogP) is 4.51. The average molecular weight is 295 g/mol. The first kappa shape index (κ1) is 14.6. The van der Waals surface area contributed by atoms with Gasteiger partial charge in [-0.15, -0.1) is 0 Å². The van der Waals surface area contributed by atoms with Crippen molar-refractivity contribution in [1.82, 2.24) is 4.90 Å². The first-order chi connectivity index (χ1) is 10.6. The molecule has 0 radical (unpaired) electrons. The highest BCUT2D eigenvalue weighted by atomic mass is 16.6. The van der Waals surface area contributed by atoms with Crippen LogP contribution in [0.4, 0.5) is 4.79 Å². The van der Waals surface area contributed by atoms with Gasteiger partial charge in [0.15, 0.2) is 0 Å². The molecule has 1 amide bonds. The van der Waals surface area contributed by atoms with E-state index in [9.17, 15) is 4.79 Å². The van der Waals surface area contributed by atoms with Crippen molar-refractivity contribution in [3.8, 4) is 0 Å². The summed E-state index contributed by atoms with van der Waals surface area (Å²) in [7, 11) is 0. The Labute approximate surface area is 131 Å². The number of ether oxygens (including phenoxy) is 1. The van der Waals surface area contributed by atoms with Gasteiger partial charge in [-0.1, -0.05) is 60.7 Å². The Hall–Kier alpha value is -2.29. The van der Waals surface area contributed by atoms with E-state index in [1.807, 2.05) is 74.5 Å². The smallest absolute Gasteiger partial charge is 0.411 e. The van der Waals surface area contributed by atoms with Gasteiger partial charge in [0, 0.05) is 13.0 Å². The van der Waals surface area contributed by atoms with E-state index in [1.165, 1.54) is 0 Å². The number of cyclic esters (lactones) is 1. The van der Waals surface area contributed by atoms with Crippen LogP contribution in [0.2, 0.25) is 0 Å². The fourth-order valence-electron chi connectivity index (χ4n) is 2.98. The van der Waals surface area contributed by atoms with E-state index in [1.54, 1.807) is 4.90 Å². The summed E-state index contributed by atoms with van der Waals surface area (Å²) < 4.78 is 5.80. The number of carbonyl (C=O) groups excluding carboxylic acids is 1. The molecule has 0 N–H and O–H groups in total. The quantitative estimate of drug-likeness (QED) is 0.834. The van der Waals surface area contributed by atoms with Gasteiger partial charge in [-0.25, -0.2) is 4.79 Å². The van der Waals surface area contributed by atoms with Crippen molar-refractivity contribution >= 4 is 6.09 Å². The van der Waals surface area contributed by atoms with Crippen molar-refractivity contribution in [2.45, 2.75) is 31.9 Å². The summed E-state index contributed by atoms with van der Waals surface area (Å²) >= 11 is 0. The molecule has 3 rings (SSSR count). The number of amides is 1. The van der Waals surface area contributed by atoms with Gasteiger partial charge in [0.25, 0.3) is 0 Å². The third kappa shape index (κ3) is 2.71. The molecule has 0 unspecified atom stereocenters. The first-order valence-corrected chi connectivity index (χ1v) is 7.70. The highest BCUT2D eigenvalue weighted by molar-refractivity contribution is 5.70. The largest absolute Gasteiger partial charge is 0.438 e. The maximum Gasteiger partial charge on any atom is 0.411 e. The second-order valence-corrected chi connectivity index (χ2v) is 5.99. The topological polar surface area (TPSA) is 29.5 Å². The van der Waals surface area contributed by atoms with Gasteiger partial charge in [0.1, 0.15) is 5.60 Å². The van der Waals surface area contributed by atoms with E-state index in [-0.39, 0.29) is 12.1 Å². The van der Waals surface area contributed by atoms with Crippen molar-refractivity contribution in [2.75, 3.05) is 6.54 Å². The van der Waals surface area contributed by atoms with Crippen LogP contribution in [-0.2, 0) is 10.3 Å². The number of hydrogen-bond acceptors (Lipinski definition) is 2. The molecule has 1 fully saturated rings. The Morgan fingerprint density at radius 1 is 1.05 bits per heavy atom. The Kier molecular flexibility index (Phi) is 3.88. The van der Waals surface area contributed by atoms with Crippen molar-refractivity contribution < 1.29 is 9.53 Å². The van der Waals surface area contributed by atoms with E-state index in [4.69, 9.17) is 4.74 Å². The second kappa shape index (κ2) is 5.84. The minimum atomic E-state index is -0.536. The number of hydrogen-bond donors (Lipinski definition) is 0. The van der Waals surface area contributed by atoms with E-state index in [0.717, 1.165) is 17.5 Å². The lowest BCUT2D eigenvalue weighted by molar-refractivity contribution is -0.0491. The molecule has 0 bridgehead atoms. The van der Waals surface area contributed by atoms with Crippen LogP contribution in [0.1, 0.15) is 37.4 Å². The van der Waals surface area contributed by atoms with Crippen LogP contribution in [0.3, 0.4) is 0 Å². The third-order valence-corrected chi connectivity index (χ3v) is 4.51. The molecule has 2 aromatic carbocycles. The van der Waals surface area contributed by atoms with Crippen LogP contribution in [0.25, 0.3) is 0 Å². The van der Waals surface area contributed by atoms with E-state index in [0.29, 0.717) is 6.54 Å². The average Bonchev–Trinajstić information content (AvgIpc) is 2.56. The molecular formula is C19H21NO2. The SMILES string of the molecule is C[C@@H](c1ccccc1)N1CC[C@@](C)(c2ccccc2)OC1=O. The molecule has 0 aliphatic carbocycles. The molecule has 3 heteroatoms. The van der Waals surface area contributed by atoms with Crippen LogP contribution < -0.4 is 0 Å². The Morgan fingerprint density at radius 3 is 2.23 bits per heavy atom. The second-order valence-electron chi connectivity index (χ2n) is 5.99. The van der Waals surface area contributed by atoms with Gasteiger partial charge in [-0.2, -0.15) is 0 Å². The van der Waals surface area contributed by atoms with Crippen molar-refractivity contribution in [2.24, 2.45) is 0 Å². The van der Waals surface area contributed by atoms with Crippen molar-refractivity contribution in [3.05, 3.63) is 71.8 Å². The zero-order valence-corrected chi connectivity index (χ0v) is 13.0. The lowest BCUT2D eigenvalue weighted by Gasteiger charge is -2.41. The van der Waals surface area contributed by atoms with Crippen LogP contribution in [-0.4, -0.2) is 17.5 Å². The molecule has 1 heterocycles. The minimum absolute atomic E-state index is 0.0222. The van der Waals surface area contributed by atoms with Gasteiger partial charge < -0.3 is 9.64 Å². The fourth-order valence-corrected chi connectivity index (χ4v) is 2.98. The van der Waals surface area contributed by atoms with Gasteiger partial charge in [0.05, 0.1) is 6.04 Å². The molecule has 0 saturated carbocycles. The number of rotatable bonds is 3. The summed E-state index contributed by atoms with van der Waals surface area (Å²) in [4.78, 5) is 14.3. The standard InChI is InChI=1S/C19H21NO2/c1-15(16-9-5-3-6-10-16)20-14-13-19(2,22-18(20)21)17-11-7-4-8-12-17/h3-12,15H,13-14H2,1-2H3/t15-,19-/m0/s1. The fraction of sp³-hybridized carbons (Fsp3) is 0.316. The summed E-state index contributed by atoms with van der Waals surface area (Å²) in [5.41, 5.74) is 1.64. The molecule has 0 aromatic heterocycles. The predicted molar refractivity (Wildman–Crippen MR) is 86.5 cm³/mol. The molecule has 114 valence electrons. The minimum Gasteiger partial charge on any atom is -0.438 e. The highest BCUT2D eigenvalue weighted by Crippen LogP contribution is 2.36. The van der Waals surface area contributed by atoms with Crippen molar-refractivity contribution in [3.63, 3.8) is 0 Å². The summed E-state index contributed by atoms with van der Waals surface area (Å²) in [6, 6.07) is 20.1. The Balaban J connectivity index is 1.77. The van der Waals surface area contributed by atoms with Crippen molar-refractivity contribution in [1.29, 1.82) is 0 Å². The van der Waals surface area contributed by atoms with Crippen LogP contribution in [0, 0.1) is 0 Å². The molecule has 1 aliphatic rings. The molecule has 2 atom stereocenters. The maximum atomic E-state index is 12.5. The van der Waals surface area contributed by atoms with E-state index < -0.39 is 5.60 Å². The van der Waals surface area contributed by atoms with Crippen LogP contribution in [0.15, 0.2) is 60.7 Å². The zero-order chi connectivity index (χ0) is 15.6. The number of benzene rings is 2. The summed E-state index contributed by atoms with van der Waals surface area (Å²) in [5, 5.41) is 0. The first-order valence-electron chi connectivity index (χ1n) is 7.70. The molecule has 2 aromatic rings. The summed E-state index contributed by atoms with van der Waals surface area (Å²) in [6.45, 7) is 4.73. The molecule has 1 saturated heterocycles. The summed E-state index contributed by atoms with van der Waals surface area (Å²) in [5.74, 6) is 0. The third-order valence-electron chi connectivity index (χ3n) is 4.51. The van der Waals surface area contributed by atoms with E-state index in [2.05, 4.69) is 0 Å².